The van der Waals surface area contributed by atoms with Crippen molar-refractivity contribution in [1.82, 2.24) is 4.90 Å². The molecule has 0 aromatic carbocycles. The zero-order valence-corrected chi connectivity index (χ0v) is 23.2. The van der Waals surface area contributed by atoms with Crippen molar-refractivity contribution in [3.05, 3.63) is 12.2 Å². The molecule has 0 aromatic rings. The first-order valence-corrected chi connectivity index (χ1v) is 15.4. The van der Waals surface area contributed by atoms with Crippen LogP contribution in [0.1, 0.15) is 110 Å². The van der Waals surface area contributed by atoms with Gasteiger partial charge in [0, 0.05) is 38.4 Å². The van der Waals surface area contributed by atoms with Crippen LogP contribution in [0.15, 0.2) is 12.2 Å². The van der Waals surface area contributed by atoms with Crippen LogP contribution >= 0.6 is 0 Å². The Bertz CT molecular complexity index is 681. The molecule has 3 atom stereocenters. The molecule has 0 aromatic heterocycles. The lowest BCUT2D eigenvalue weighted by Gasteiger charge is -2.29. The summed E-state index contributed by atoms with van der Waals surface area (Å²) in [6.07, 6.45) is 24.5. The van der Waals surface area contributed by atoms with E-state index in [0.29, 0.717) is 18.9 Å². The minimum Gasteiger partial charge on any atom is -0.464 e. The zero-order chi connectivity index (χ0) is 25.3. The zero-order valence-electron chi connectivity index (χ0n) is 23.2. The summed E-state index contributed by atoms with van der Waals surface area (Å²) in [5.74, 6) is 10.4. The van der Waals surface area contributed by atoms with Crippen molar-refractivity contribution in [2.45, 2.75) is 110 Å². The summed E-state index contributed by atoms with van der Waals surface area (Å²) in [6.45, 7) is 7.12. The van der Waals surface area contributed by atoms with Crippen LogP contribution < -0.4 is 0 Å². The molecule has 4 nitrogen and oxygen atoms in total. The number of morpholine rings is 1. The molecule has 0 amide bonds. The van der Waals surface area contributed by atoms with Crippen molar-refractivity contribution >= 4 is 5.97 Å². The Morgan fingerprint density at radius 3 is 2.69 bits per heavy atom. The second kappa shape index (κ2) is 18.0. The largest absolute Gasteiger partial charge is 0.464 e. The molecule has 1 unspecified atom stereocenters. The lowest BCUT2D eigenvalue weighted by atomic mass is 9.76. The molecular formula is C32H53NO3. The first kappa shape index (κ1) is 29.2. The number of carbonyl (C=O) groups excluding carboxylic acids is 1. The molecule has 3 aliphatic rings. The Balaban J connectivity index is 1.25. The van der Waals surface area contributed by atoms with Crippen molar-refractivity contribution in [2.75, 3.05) is 39.5 Å². The number of ether oxygens (including phenoxy) is 2. The predicted octanol–water partition coefficient (Wildman–Crippen LogP) is 7.17. The summed E-state index contributed by atoms with van der Waals surface area (Å²) in [6, 6.07) is 0. The normalized spacial score (nSPS) is 24.5. The van der Waals surface area contributed by atoms with E-state index >= 15 is 0 Å². The number of nitrogens with zero attached hydrogens (tertiary/aromatic N) is 1. The Morgan fingerprint density at radius 2 is 1.89 bits per heavy atom. The maximum Gasteiger partial charge on any atom is 0.305 e. The number of hydrogen-bond acceptors (Lipinski definition) is 4. The fourth-order valence-corrected chi connectivity index (χ4v) is 6.50. The summed E-state index contributed by atoms with van der Waals surface area (Å²) in [7, 11) is 0. The van der Waals surface area contributed by atoms with Gasteiger partial charge in [-0.1, -0.05) is 76.4 Å². The van der Waals surface area contributed by atoms with Gasteiger partial charge in [0.05, 0.1) is 13.2 Å². The van der Waals surface area contributed by atoms with Gasteiger partial charge in [-0.25, -0.2) is 0 Å². The van der Waals surface area contributed by atoms with Crippen LogP contribution in [-0.2, 0) is 14.3 Å². The van der Waals surface area contributed by atoms with Gasteiger partial charge in [0.1, 0.15) is 6.61 Å². The monoisotopic (exact) mass is 499 g/mol. The smallest absolute Gasteiger partial charge is 0.305 e. The van der Waals surface area contributed by atoms with Gasteiger partial charge in [0.15, 0.2) is 0 Å². The summed E-state index contributed by atoms with van der Waals surface area (Å²) in [5.41, 5.74) is 0. The third kappa shape index (κ3) is 11.4. The van der Waals surface area contributed by atoms with E-state index in [0.717, 1.165) is 76.3 Å². The van der Waals surface area contributed by atoms with Crippen LogP contribution in [0.3, 0.4) is 0 Å². The minimum absolute atomic E-state index is 0.0625. The van der Waals surface area contributed by atoms with E-state index in [1.165, 1.54) is 70.6 Å². The lowest BCUT2D eigenvalue weighted by molar-refractivity contribution is -0.144. The average Bonchev–Trinajstić information content (AvgIpc) is 3.36. The molecule has 2 aliphatic carbocycles. The Hall–Kier alpha value is -1.31. The van der Waals surface area contributed by atoms with Crippen LogP contribution in [0.25, 0.3) is 0 Å². The van der Waals surface area contributed by atoms with E-state index in [9.17, 15) is 4.79 Å². The van der Waals surface area contributed by atoms with Crippen LogP contribution in [0.4, 0.5) is 0 Å². The van der Waals surface area contributed by atoms with E-state index in [1.807, 2.05) is 0 Å². The molecule has 3 rings (SSSR count). The summed E-state index contributed by atoms with van der Waals surface area (Å²) in [4.78, 5) is 14.3. The highest BCUT2D eigenvalue weighted by Gasteiger charge is 2.25. The Labute approximate surface area is 221 Å². The van der Waals surface area contributed by atoms with Gasteiger partial charge >= 0.3 is 5.97 Å². The third-order valence-corrected chi connectivity index (χ3v) is 8.69. The molecule has 0 radical (unpaired) electrons. The van der Waals surface area contributed by atoms with Crippen molar-refractivity contribution in [3.63, 3.8) is 0 Å². The van der Waals surface area contributed by atoms with Gasteiger partial charge in [-0.15, -0.1) is 5.92 Å². The van der Waals surface area contributed by atoms with E-state index in [4.69, 9.17) is 9.47 Å². The van der Waals surface area contributed by atoms with Crippen LogP contribution in [0.5, 0.6) is 0 Å². The molecule has 4 heteroatoms. The molecule has 1 saturated heterocycles. The van der Waals surface area contributed by atoms with Gasteiger partial charge in [-0.2, -0.15) is 0 Å². The molecule has 1 heterocycles. The van der Waals surface area contributed by atoms with Gasteiger partial charge in [-0.05, 0) is 56.3 Å². The SMILES string of the molecule is CCCC(CCC#C[C@H]1CCC[C@@H]1CC=CCCCC(=O)OCCN1CCOCC1)C1CCCCC1. The maximum atomic E-state index is 12.0. The fourth-order valence-electron chi connectivity index (χ4n) is 6.50. The molecule has 2 saturated carbocycles. The van der Waals surface area contributed by atoms with Crippen molar-refractivity contribution < 1.29 is 14.3 Å². The average molecular weight is 500 g/mol. The van der Waals surface area contributed by atoms with E-state index < -0.39 is 0 Å². The lowest BCUT2D eigenvalue weighted by Crippen LogP contribution is -2.38. The van der Waals surface area contributed by atoms with E-state index in [2.05, 4.69) is 35.8 Å². The molecule has 0 bridgehead atoms. The Morgan fingerprint density at radius 1 is 1.06 bits per heavy atom. The van der Waals surface area contributed by atoms with Crippen molar-refractivity contribution in [2.24, 2.45) is 23.7 Å². The number of allylic oxidation sites excluding steroid dienone is 2. The second-order valence-electron chi connectivity index (χ2n) is 11.4. The highest BCUT2D eigenvalue weighted by molar-refractivity contribution is 5.69. The summed E-state index contributed by atoms with van der Waals surface area (Å²) in [5, 5.41) is 0. The first-order valence-electron chi connectivity index (χ1n) is 15.4. The fraction of sp³-hybridized carbons (Fsp3) is 0.844. The number of esters is 1. The quantitative estimate of drug-likeness (QED) is 0.110. The van der Waals surface area contributed by atoms with Gasteiger partial charge < -0.3 is 9.47 Å². The predicted molar refractivity (Wildman–Crippen MR) is 149 cm³/mol. The van der Waals surface area contributed by atoms with Crippen LogP contribution in [-0.4, -0.2) is 50.3 Å². The van der Waals surface area contributed by atoms with E-state index in [1.54, 1.807) is 0 Å². The number of unbranched alkanes of at least 4 members (excludes halogenated alkanes) is 1. The van der Waals surface area contributed by atoms with Crippen LogP contribution in [0.2, 0.25) is 0 Å². The third-order valence-electron chi connectivity index (χ3n) is 8.69. The molecule has 0 spiro atoms. The van der Waals surface area contributed by atoms with E-state index in [-0.39, 0.29) is 5.97 Å². The number of rotatable bonds is 14. The maximum absolute atomic E-state index is 12.0. The molecule has 1 aliphatic heterocycles. The summed E-state index contributed by atoms with van der Waals surface area (Å²) < 4.78 is 10.7. The second-order valence-corrected chi connectivity index (χ2v) is 11.4. The molecule has 0 N–H and O–H groups in total. The van der Waals surface area contributed by atoms with Gasteiger partial charge in [0.2, 0.25) is 0 Å². The van der Waals surface area contributed by atoms with Gasteiger partial charge in [-0.3, -0.25) is 9.69 Å². The topological polar surface area (TPSA) is 38.8 Å². The minimum atomic E-state index is -0.0625. The number of hydrogen-bond donors (Lipinski definition) is 0. The highest BCUT2D eigenvalue weighted by Crippen LogP contribution is 2.36. The van der Waals surface area contributed by atoms with Crippen LogP contribution in [0, 0.1) is 35.5 Å². The standard InChI is InChI=1S/C32H53NO3/c1-2-13-28(29-15-7-5-8-16-29)17-10-11-18-31-20-12-19-30(31)14-6-3-4-9-21-32(34)36-27-24-33-22-25-35-26-23-33/h3,6,28-31H,2,4-5,7-10,12-17,19-27H2,1H3/t28?,30-,31-/m0/s1. The molecule has 3 fully saturated rings. The van der Waals surface area contributed by atoms with Crippen molar-refractivity contribution in [3.8, 4) is 11.8 Å². The summed E-state index contributed by atoms with van der Waals surface area (Å²) >= 11 is 0. The molecule has 36 heavy (non-hydrogen) atoms. The Kier molecular flexibility index (Phi) is 14.6. The molecule has 204 valence electrons. The highest BCUT2D eigenvalue weighted by atomic mass is 16.5. The van der Waals surface area contributed by atoms with Gasteiger partial charge in [0.25, 0.3) is 0 Å². The first-order chi connectivity index (χ1) is 17.8. The number of carbonyl (C=O) groups is 1. The van der Waals surface area contributed by atoms with Crippen molar-refractivity contribution in [1.29, 1.82) is 0 Å². The molecular weight excluding hydrogens is 446 g/mol.